The van der Waals surface area contributed by atoms with Crippen LogP contribution in [-0.2, 0) is 0 Å². The number of imidazole rings is 4. The number of fused-ring (bicyclic) bond motifs is 32. The van der Waals surface area contributed by atoms with Crippen LogP contribution in [0.25, 0.3) is 154 Å². The highest BCUT2D eigenvalue weighted by Crippen LogP contribution is 2.39. The van der Waals surface area contributed by atoms with E-state index >= 15 is 0 Å². The summed E-state index contributed by atoms with van der Waals surface area (Å²) in [5, 5.41) is 8.16. The number of rotatable bonds is 2. The molecule has 12 aromatic heterocycles. The molecule has 0 fully saturated rings. The molecule has 0 aliphatic carbocycles. The number of pyridine rings is 8. The van der Waals surface area contributed by atoms with E-state index in [4.69, 9.17) is 34.6 Å². The highest BCUT2D eigenvalue weighted by atomic mass is 79.9. The summed E-state index contributed by atoms with van der Waals surface area (Å²) in [6.45, 7) is 0. The lowest BCUT2D eigenvalue weighted by Gasteiger charge is -2.12. The third-order valence-corrected chi connectivity index (χ3v) is 17.1. The maximum atomic E-state index is 11.8. The molecule has 0 spiro atoms. The number of ether oxygens (including phenoxy) is 1. The van der Waals surface area contributed by atoms with Crippen molar-refractivity contribution in [3.05, 3.63) is 258 Å². The quantitative estimate of drug-likeness (QED) is 0.167. The molecule has 1 N–H and O–H groups in total. The van der Waals surface area contributed by atoms with Crippen LogP contribution >= 0.6 is 15.9 Å². The van der Waals surface area contributed by atoms with Crippen LogP contribution in [0.3, 0.4) is 0 Å². The third-order valence-electron chi connectivity index (χ3n) is 16.6. The van der Waals surface area contributed by atoms with Crippen molar-refractivity contribution < 1.29 is 4.74 Å². The van der Waals surface area contributed by atoms with E-state index in [-0.39, 0.29) is 5.43 Å². The first-order valence-electron chi connectivity index (χ1n) is 28.3. The molecular formula is C72H41BrN12O2. The number of hydrogen-bond acceptors (Lipinski definition) is 9. The number of halogens is 1. The first kappa shape index (κ1) is 48.8. The molecule has 0 amide bonds. The zero-order chi connectivity index (χ0) is 57.4. The van der Waals surface area contributed by atoms with Gasteiger partial charge in [-0.2, -0.15) is 0 Å². The number of H-pyrrole nitrogens is 1. The predicted molar refractivity (Wildman–Crippen MR) is 353 cm³/mol. The lowest BCUT2D eigenvalue weighted by atomic mass is 10.1. The Hall–Kier alpha value is -11.7. The van der Waals surface area contributed by atoms with Crippen molar-refractivity contribution in [1.82, 2.24) is 57.5 Å². The SMILES string of the molecule is Brc1ccc2c(c1)c1nc3ccccc3n1c1cccnc21.O=c1ccc2c(c1)c1nc3ccccc3n1c1ccc[nH]c21.c1ccc2c(c1)nc1c3cc(Oc4ccc5c(c4)c4nc6ccccc6n4c4cccnc54)ccc3c3ncccc3n21. The van der Waals surface area contributed by atoms with Crippen molar-refractivity contribution >= 4 is 170 Å². The number of aromatic nitrogens is 12. The van der Waals surface area contributed by atoms with Crippen molar-refractivity contribution in [2.45, 2.75) is 0 Å². The average molecular weight is 1190 g/mol. The van der Waals surface area contributed by atoms with Crippen molar-refractivity contribution in [2.24, 2.45) is 0 Å². The minimum atomic E-state index is -0.00302. The largest absolute Gasteiger partial charge is 0.457 e. The Morgan fingerprint density at radius 2 is 0.701 bits per heavy atom. The summed E-state index contributed by atoms with van der Waals surface area (Å²) in [7, 11) is 0. The summed E-state index contributed by atoms with van der Waals surface area (Å²) >= 11 is 3.57. The van der Waals surface area contributed by atoms with Gasteiger partial charge in [0, 0.05) is 72.3 Å². The molecular weight excluding hydrogens is 1140 g/mol. The summed E-state index contributed by atoms with van der Waals surface area (Å²) in [6.07, 6.45) is 7.42. The molecule has 0 unspecified atom stereocenters. The van der Waals surface area contributed by atoms with Gasteiger partial charge in [0.2, 0.25) is 0 Å². The number of nitrogens with zero attached hydrogens (tertiary/aromatic N) is 11. The molecule has 408 valence electrons. The smallest absolute Gasteiger partial charge is 0.179 e. The Kier molecular flexibility index (Phi) is 10.6. The van der Waals surface area contributed by atoms with Gasteiger partial charge < -0.3 is 9.72 Å². The molecule has 0 aliphatic rings. The highest BCUT2D eigenvalue weighted by molar-refractivity contribution is 9.10. The topological polar surface area (TPSA) is 150 Å². The van der Waals surface area contributed by atoms with Crippen LogP contribution in [0.1, 0.15) is 0 Å². The Balaban J connectivity index is 0.000000108. The van der Waals surface area contributed by atoms with Gasteiger partial charge in [-0.1, -0.05) is 70.5 Å². The lowest BCUT2D eigenvalue weighted by molar-refractivity contribution is 0.484. The minimum Gasteiger partial charge on any atom is -0.457 e. The molecule has 15 heteroatoms. The molecule has 12 heterocycles. The summed E-state index contributed by atoms with van der Waals surface area (Å²) < 4.78 is 16.3. The van der Waals surface area contributed by atoms with Gasteiger partial charge >= 0.3 is 0 Å². The monoisotopic (exact) mass is 1180 g/mol. The fourth-order valence-electron chi connectivity index (χ4n) is 12.9. The number of hydrogen-bond donors (Lipinski definition) is 1. The molecule has 20 aromatic rings. The van der Waals surface area contributed by atoms with Gasteiger partial charge in [-0.15, -0.1) is 0 Å². The summed E-state index contributed by atoms with van der Waals surface area (Å²) in [5.41, 5.74) is 19.7. The van der Waals surface area contributed by atoms with Gasteiger partial charge in [-0.25, -0.2) is 19.9 Å². The zero-order valence-corrected chi connectivity index (χ0v) is 47.3. The number of benzene rings is 8. The Bertz CT molecular complexity index is 6190. The van der Waals surface area contributed by atoms with Gasteiger partial charge in [0.05, 0.1) is 88.3 Å². The molecule has 20 rings (SSSR count). The number of para-hydroxylation sites is 8. The van der Waals surface area contributed by atoms with E-state index < -0.39 is 0 Å². The summed E-state index contributed by atoms with van der Waals surface area (Å²) in [4.78, 5) is 48.9. The van der Waals surface area contributed by atoms with Crippen LogP contribution in [0.5, 0.6) is 11.5 Å². The van der Waals surface area contributed by atoms with Crippen molar-refractivity contribution in [3.8, 4) is 11.5 Å². The van der Waals surface area contributed by atoms with Gasteiger partial charge in [0.15, 0.2) is 5.43 Å². The zero-order valence-electron chi connectivity index (χ0n) is 45.7. The Labute approximate surface area is 498 Å². The van der Waals surface area contributed by atoms with Crippen LogP contribution in [-0.4, -0.2) is 57.5 Å². The normalized spacial score (nSPS) is 12.0. The minimum absolute atomic E-state index is 0.00302. The number of nitrogens with one attached hydrogen (secondary N) is 1. The fraction of sp³-hybridized carbons (Fsp3) is 0. The van der Waals surface area contributed by atoms with E-state index in [1.807, 2.05) is 140 Å². The van der Waals surface area contributed by atoms with E-state index in [1.54, 1.807) is 12.1 Å². The van der Waals surface area contributed by atoms with E-state index in [2.05, 4.69) is 134 Å². The Morgan fingerprint density at radius 3 is 1.16 bits per heavy atom. The maximum absolute atomic E-state index is 11.8. The molecule has 0 saturated carbocycles. The summed E-state index contributed by atoms with van der Waals surface area (Å²) in [5.74, 6) is 1.44. The lowest BCUT2D eigenvalue weighted by Crippen LogP contribution is -1.99. The second-order valence-corrected chi connectivity index (χ2v) is 22.4. The van der Waals surface area contributed by atoms with Crippen molar-refractivity contribution in [3.63, 3.8) is 0 Å². The molecule has 87 heavy (non-hydrogen) atoms. The van der Waals surface area contributed by atoms with Crippen LogP contribution < -0.4 is 10.2 Å². The standard InChI is InChI=1S/C36H20N6O.C18H10BrN3.C18H11N3O/c1-3-9-29-27(7-1)39-35-25-19-21(13-15-23(25)33-31(41(29)35)11-5-17-37-33)43-22-14-16-24-26(20-22)36-40-28-8-2-4-10-30(28)42(36)32-12-6-18-38-34(24)32;19-11-7-8-12-13(10-11)18-21-14-4-1-2-5-15(14)22(18)16-6-3-9-20-17(12)16;22-11-7-8-12-13(10-11)18-20-14-4-1-2-5-15(14)21(18)16-6-3-9-19-17(12)16/h1-20H;1-10H;1-10,19H. The molecule has 0 radical (unpaired) electrons. The fourth-order valence-corrected chi connectivity index (χ4v) is 13.3. The van der Waals surface area contributed by atoms with Gasteiger partial charge in [-0.3, -0.25) is 37.3 Å². The molecule has 0 aliphatic heterocycles. The highest BCUT2D eigenvalue weighted by Gasteiger charge is 2.20. The van der Waals surface area contributed by atoms with E-state index in [9.17, 15) is 4.79 Å². The van der Waals surface area contributed by atoms with Crippen LogP contribution in [0.4, 0.5) is 0 Å². The van der Waals surface area contributed by atoms with Crippen LogP contribution in [0.15, 0.2) is 252 Å². The number of aromatic amines is 1. The first-order valence-corrected chi connectivity index (χ1v) is 29.1. The van der Waals surface area contributed by atoms with Crippen molar-refractivity contribution in [1.29, 1.82) is 0 Å². The van der Waals surface area contributed by atoms with E-state index in [1.165, 1.54) is 0 Å². The molecule has 8 aromatic carbocycles. The second kappa shape index (κ2) is 18.9. The van der Waals surface area contributed by atoms with Crippen LogP contribution in [0, 0.1) is 0 Å². The van der Waals surface area contributed by atoms with Crippen molar-refractivity contribution in [2.75, 3.05) is 0 Å². The second-order valence-electron chi connectivity index (χ2n) is 21.5. The Morgan fingerprint density at radius 1 is 0.333 bits per heavy atom. The van der Waals surface area contributed by atoms with E-state index in [0.29, 0.717) is 0 Å². The maximum Gasteiger partial charge on any atom is 0.179 e. The molecule has 14 nitrogen and oxygen atoms in total. The summed E-state index contributed by atoms with van der Waals surface area (Å²) in [6, 6.07) is 72.6. The van der Waals surface area contributed by atoms with E-state index in [0.717, 1.165) is 170 Å². The molecule has 0 saturated heterocycles. The third kappa shape index (κ3) is 7.46. The van der Waals surface area contributed by atoms with Gasteiger partial charge in [0.25, 0.3) is 0 Å². The van der Waals surface area contributed by atoms with Gasteiger partial charge in [-0.05, 0) is 164 Å². The van der Waals surface area contributed by atoms with Gasteiger partial charge in [0.1, 0.15) is 34.1 Å². The predicted octanol–water partition coefficient (Wildman–Crippen LogP) is 16.9. The first-order chi connectivity index (χ1) is 43.0. The average Bonchev–Trinajstić information content (AvgIpc) is 1.86. The molecule has 0 atom stereocenters. The molecule has 0 bridgehead atoms. The van der Waals surface area contributed by atoms with Crippen LogP contribution in [0.2, 0.25) is 0 Å².